The Bertz CT molecular complexity index is 693. The molecule has 0 saturated heterocycles. The lowest BCUT2D eigenvalue weighted by Gasteiger charge is -2.10. The minimum Gasteiger partial charge on any atom is -0.497 e. The van der Waals surface area contributed by atoms with E-state index in [9.17, 15) is 9.59 Å². The number of ether oxygens (including phenoxy) is 2. The maximum atomic E-state index is 12.3. The van der Waals surface area contributed by atoms with Crippen LogP contribution in [0.15, 0.2) is 36.7 Å². The van der Waals surface area contributed by atoms with Crippen LogP contribution in [0.25, 0.3) is 0 Å². The number of pyridine rings is 1. The fourth-order valence-electron chi connectivity index (χ4n) is 1.84. The zero-order chi connectivity index (χ0) is 16.1. The Labute approximate surface area is 126 Å². The van der Waals surface area contributed by atoms with Gasteiger partial charge in [-0.15, -0.1) is 0 Å². The van der Waals surface area contributed by atoms with E-state index in [0.29, 0.717) is 17.2 Å². The molecule has 22 heavy (non-hydrogen) atoms. The Morgan fingerprint density at radius 1 is 1.09 bits per heavy atom. The number of aromatic carboxylic acids is 1. The van der Waals surface area contributed by atoms with Gasteiger partial charge in [0.25, 0.3) is 5.91 Å². The topological polar surface area (TPSA) is 97.8 Å². The van der Waals surface area contributed by atoms with Crippen LogP contribution in [0.3, 0.4) is 0 Å². The molecule has 0 aliphatic rings. The fraction of sp³-hybridized carbons (Fsp3) is 0.133. The lowest BCUT2D eigenvalue weighted by Crippen LogP contribution is -2.16. The van der Waals surface area contributed by atoms with E-state index in [1.807, 2.05) is 0 Å². The molecule has 1 heterocycles. The number of carboxylic acids is 1. The smallest absolute Gasteiger partial charge is 0.338 e. The van der Waals surface area contributed by atoms with Crippen molar-refractivity contribution in [2.45, 2.75) is 0 Å². The van der Waals surface area contributed by atoms with Crippen LogP contribution >= 0.6 is 0 Å². The standard InChI is InChI=1S/C15H14N2O5/c1-21-10-5-9(6-11(7-10)22-2)17-14(18)12-3-4-16-8-13(12)15(19)20/h3-8H,1-2H3,(H,17,18)(H,19,20). The van der Waals surface area contributed by atoms with Crippen molar-refractivity contribution in [1.82, 2.24) is 4.98 Å². The van der Waals surface area contributed by atoms with Crippen molar-refractivity contribution in [3.05, 3.63) is 47.8 Å². The molecular formula is C15H14N2O5. The van der Waals surface area contributed by atoms with Crippen molar-refractivity contribution in [3.63, 3.8) is 0 Å². The number of carbonyl (C=O) groups is 2. The Balaban J connectivity index is 2.31. The van der Waals surface area contributed by atoms with Crippen molar-refractivity contribution >= 4 is 17.6 Å². The summed E-state index contributed by atoms with van der Waals surface area (Å²) in [6.45, 7) is 0. The Kier molecular flexibility index (Phi) is 4.57. The maximum Gasteiger partial charge on any atom is 0.338 e. The van der Waals surface area contributed by atoms with E-state index in [1.54, 1.807) is 18.2 Å². The molecule has 0 unspecified atom stereocenters. The second-order valence-corrected chi connectivity index (χ2v) is 4.28. The van der Waals surface area contributed by atoms with Crippen LogP contribution in [-0.2, 0) is 0 Å². The number of carboxylic acid groups (broad SMARTS) is 1. The molecule has 2 aromatic rings. The van der Waals surface area contributed by atoms with E-state index in [0.717, 1.165) is 6.20 Å². The number of benzene rings is 1. The van der Waals surface area contributed by atoms with Gasteiger partial charge in [0.2, 0.25) is 0 Å². The number of nitrogens with zero attached hydrogens (tertiary/aromatic N) is 1. The summed E-state index contributed by atoms with van der Waals surface area (Å²) in [5, 5.41) is 11.7. The van der Waals surface area contributed by atoms with Gasteiger partial charge >= 0.3 is 5.97 Å². The van der Waals surface area contributed by atoms with E-state index in [2.05, 4.69) is 10.3 Å². The molecule has 0 bridgehead atoms. The highest BCUT2D eigenvalue weighted by Gasteiger charge is 2.17. The molecule has 114 valence electrons. The minimum atomic E-state index is -1.22. The summed E-state index contributed by atoms with van der Waals surface area (Å²) in [5.74, 6) is -0.776. The molecule has 7 nitrogen and oxygen atoms in total. The molecule has 0 fully saturated rings. The number of aromatic nitrogens is 1. The molecule has 0 aliphatic heterocycles. The van der Waals surface area contributed by atoms with E-state index in [-0.39, 0.29) is 11.1 Å². The van der Waals surface area contributed by atoms with Crippen molar-refractivity contribution in [3.8, 4) is 11.5 Å². The number of hydrogen-bond acceptors (Lipinski definition) is 5. The third kappa shape index (κ3) is 3.32. The van der Waals surface area contributed by atoms with Crippen molar-refractivity contribution in [1.29, 1.82) is 0 Å². The highest BCUT2D eigenvalue weighted by molar-refractivity contribution is 6.10. The second kappa shape index (κ2) is 6.57. The molecule has 7 heteroatoms. The van der Waals surface area contributed by atoms with Gasteiger partial charge in [0.05, 0.1) is 25.3 Å². The molecular weight excluding hydrogens is 288 g/mol. The summed E-state index contributed by atoms with van der Waals surface area (Å²) >= 11 is 0. The highest BCUT2D eigenvalue weighted by atomic mass is 16.5. The number of rotatable bonds is 5. The average Bonchev–Trinajstić information content (AvgIpc) is 2.54. The van der Waals surface area contributed by atoms with Crippen molar-refractivity contribution < 1.29 is 24.2 Å². The second-order valence-electron chi connectivity index (χ2n) is 4.28. The number of methoxy groups -OCH3 is 2. The third-order valence-electron chi connectivity index (χ3n) is 2.91. The minimum absolute atomic E-state index is 0.0179. The average molecular weight is 302 g/mol. The van der Waals surface area contributed by atoms with Crippen LogP contribution in [0.1, 0.15) is 20.7 Å². The van der Waals surface area contributed by atoms with Gasteiger partial charge in [-0.3, -0.25) is 9.78 Å². The third-order valence-corrected chi connectivity index (χ3v) is 2.91. The van der Waals surface area contributed by atoms with Gasteiger partial charge in [0.1, 0.15) is 11.5 Å². The van der Waals surface area contributed by atoms with Crippen molar-refractivity contribution in [2.75, 3.05) is 19.5 Å². The zero-order valence-corrected chi connectivity index (χ0v) is 12.0. The molecule has 1 amide bonds. The van der Waals surface area contributed by atoms with E-state index < -0.39 is 11.9 Å². The largest absolute Gasteiger partial charge is 0.497 e. The molecule has 1 aromatic heterocycles. The highest BCUT2D eigenvalue weighted by Crippen LogP contribution is 2.26. The maximum absolute atomic E-state index is 12.3. The van der Waals surface area contributed by atoms with Crippen LogP contribution in [-0.4, -0.2) is 36.2 Å². The first-order valence-electron chi connectivity index (χ1n) is 6.27. The van der Waals surface area contributed by atoms with Gasteiger partial charge in [-0.05, 0) is 6.07 Å². The van der Waals surface area contributed by atoms with Gasteiger partial charge in [-0.1, -0.05) is 0 Å². The van der Waals surface area contributed by atoms with Crippen LogP contribution in [0.2, 0.25) is 0 Å². The number of nitrogens with one attached hydrogen (secondary N) is 1. The number of amides is 1. The molecule has 0 radical (unpaired) electrons. The van der Waals surface area contributed by atoms with Crippen LogP contribution < -0.4 is 14.8 Å². The Morgan fingerprint density at radius 2 is 1.73 bits per heavy atom. The van der Waals surface area contributed by atoms with E-state index >= 15 is 0 Å². The quantitative estimate of drug-likeness (QED) is 0.877. The van der Waals surface area contributed by atoms with Crippen LogP contribution in [0.4, 0.5) is 5.69 Å². The Morgan fingerprint density at radius 3 is 2.27 bits per heavy atom. The van der Waals surface area contributed by atoms with Gasteiger partial charge in [-0.25, -0.2) is 4.79 Å². The summed E-state index contributed by atoms with van der Waals surface area (Å²) in [5.41, 5.74) is 0.272. The lowest BCUT2D eigenvalue weighted by molar-refractivity contribution is 0.0692. The lowest BCUT2D eigenvalue weighted by atomic mass is 10.1. The number of hydrogen-bond donors (Lipinski definition) is 2. The Hall–Kier alpha value is -3.09. The van der Waals surface area contributed by atoms with Gasteiger partial charge in [-0.2, -0.15) is 0 Å². The summed E-state index contributed by atoms with van der Waals surface area (Å²) in [7, 11) is 2.98. The monoisotopic (exact) mass is 302 g/mol. The first kappa shape index (κ1) is 15.3. The molecule has 0 atom stereocenters. The molecule has 0 saturated carbocycles. The SMILES string of the molecule is COc1cc(NC(=O)c2ccncc2C(=O)O)cc(OC)c1. The predicted molar refractivity (Wildman–Crippen MR) is 78.7 cm³/mol. The molecule has 2 rings (SSSR count). The van der Waals surface area contributed by atoms with E-state index in [1.165, 1.54) is 26.5 Å². The van der Waals surface area contributed by atoms with Gasteiger partial charge < -0.3 is 19.9 Å². The van der Waals surface area contributed by atoms with Crippen LogP contribution in [0.5, 0.6) is 11.5 Å². The fourth-order valence-corrected chi connectivity index (χ4v) is 1.84. The summed E-state index contributed by atoms with van der Waals surface area (Å²) in [6.07, 6.45) is 2.48. The molecule has 0 aliphatic carbocycles. The molecule has 2 N–H and O–H groups in total. The normalized spacial score (nSPS) is 9.91. The zero-order valence-electron chi connectivity index (χ0n) is 12.0. The first-order chi connectivity index (χ1) is 10.5. The van der Waals surface area contributed by atoms with Crippen LogP contribution in [0, 0.1) is 0 Å². The number of anilines is 1. The predicted octanol–water partition coefficient (Wildman–Crippen LogP) is 2.05. The number of carbonyl (C=O) groups excluding carboxylic acids is 1. The van der Waals surface area contributed by atoms with E-state index in [4.69, 9.17) is 14.6 Å². The first-order valence-corrected chi connectivity index (χ1v) is 6.27. The summed E-state index contributed by atoms with van der Waals surface area (Å²) in [6, 6.07) is 6.20. The summed E-state index contributed by atoms with van der Waals surface area (Å²) in [4.78, 5) is 27.1. The molecule has 0 spiro atoms. The van der Waals surface area contributed by atoms with Crippen molar-refractivity contribution in [2.24, 2.45) is 0 Å². The van der Waals surface area contributed by atoms with Gasteiger partial charge in [0.15, 0.2) is 0 Å². The molecule has 1 aromatic carbocycles. The summed E-state index contributed by atoms with van der Waals surface area (Å²) < 4.78 is 10.2. The van der Waals surface area contributed by atoms with Gasteiger partial charge in [0, 0.05) is 36.3 Å².